The number of benzene rings is 1. The molecule has 1 aromatic carbocycles. The monoisotopic (exact) mass is 230 g/mol. The lowest BCUT2D eigenvalue weighted by Crippen LogP contribution is -2.13. The summed E-state index contributed by atoms with van der Waals surface area (Å²) in [6.45, 7) is 0. The van der Waals surface area contributed by atoms with E-state index >= 15 is 0 Å². The molecule has 0 bridgehead atoms. The minimum absolute atomic E-state index is 0.0475. The van der Waals surface area contributed by atoms with Gasteiger partial charge in [0, 0.05) is 5.56 Å². The summed E-state index contributed by atoms with van der Waals surface area (Å²) in [6, 6.07) is 3.94. The zero-order valence-electron chi connectivity index (χ0n) is 8.12. The Kier molecular flexibility index (Phi) is 3.26. The van der Waals surface area contributed by atoms with Gasteiger partial charge < -0.3 is 5.11 Å². The molecule has 0 amide bonds. The molecular weight excluding hydrogens is 218 g/mol. The molecule has 2 atom stereocenters. The van der Waals surface area contributed by atoms with Crippen LogP contribution < -0.4 is 0 Å². The average molecular weight is 230 g/mol. The van der Waals surface area contributed by atoms with E-state index in [2.05, 4.69) is 0 Å². The maximum Gasteiger partial charge on any atom is 0.164 e. The molecule has 1 fully saturated rings. The van der Waals surface area contributed by atoms with Crippen molar-refractivity contribution in [3.05, 3.63) is 35.4 Å². The maximum atomic E-state index is 13.4. The molecule has 0 aliphatic carbocycles. The summed E-state index contributed by atoms with van der Waals surface area (Å²) in [6.07, 6.45) is -0.0161. The molecule has 1 N–H and O–H groups in total. The molecule has 2 rings (SSSR count). The smallest absolute Gasteiger partial charge is 0.164 e. The second-order valence-corrected chi connectivity index (χ2v) is 4.86. The minimum Gasteiger partial charge on any atom is -0.388 e. The van der Waals surface area contributed by atoms with Gasteiger partial charge >= 0.3 is 0 Å². The lowest BCUT2D eigenvalue weighted by molar-refractivity contribution is 0.116. The van der Waals surface area contributed by atoms with Gasteiger partial charge in [0.2, 0.25) is 0 Å². The van der Waals surface area contributed by atoms with Gasteiger partial charge in [0.25, 0.3) is 0 Å². The number of rotatable bonds is 2. The predicted octanol–water partition coefficient (Wildman–Crippen LogP) is 2.75. The van der Waals surface area contributed by atoms with Crippen molar-refractivity contribution in [1.82, 2.24) is 0 Å². The Morgan fingerprint density at radius 1 is 1.40 bits per heavy atom. The topological polar surface area (TPSA) is 20.2 Å². The molecule has 0 spiro atoms. The molecule has 0 saturated carbocycles. The maximum absolute atomic E-state index is 13.4. The van der Waals surface area contributed by atoms with Gasteiger partial charge in [0.15, 0.2) is 11.6 Å². The highest BCUT2D eigenvalue weighted by atomic mass is 32.2. The Balaban J connectivity index is 2.24. The van der Waals surface area contributed by atoms with E-state index in [9.17, 15) is 13.9 Å². The quantitative estimate of drug-likeness (QED) is 0.843. The number of halogens is 2. The third kappa shape index (κ3) is 2.16. The Morgan fingerprint density at radius 2 is 2.20 bits per heavy atom. The Hall–Kier alpha value is -0.610. The Bertz CT molecular complexity index is 350. The average Bonchev–Trinajstić information content (AvgIpc) is 2.74. The van der Waals surface area contributed by atoms with Crippen molar-refractivity contribution in [2.75, 3.05) is 11.5 Å². The summed E-state index contributed by atoms with van der Waals surface area (Å²) in [7, 11) is 0. The van der Waals surface area contributed by atoms with E-state index in [1.54, 1.807) is 11.8 Å². The van der Waals surface area contributed by atoms with Crippen molar-refractivity contribution >= 4 is 11.8 Å². The summed E-state index contributed by atoms with van der Waals surface area (Å²) in [5.41, 5.74) is 0.0856. The number of thioether (sulfide) groups is 1. The number of hydrogen-bond donors (Lipinski definition) is 1. The third-order valence-electron chi connectivity index (χ3n) is 2.71. The van der Waals surface area contributed by atoms with E-state index in [-0.39, 0.29) is 11.5 Å². The summed E-state index contributed by atoms with van der Waals surface area (Å²) in [4.78, 5) is 0. The fourth-order valence-electron chi connectivity index (χ4n) is 1.80. The van der Waals surface area contributed by atoms with E-state index < -0.39 is 17.7 Å². The van der Waals surface area contributed by atoms with Crippen LogP contribution in [0, 0.1) is 17.6 Å². The van der Waals surface area contributed by atoms with E-state index in [1.807, 2.05) is 0 Å². The summed E-state index contributed by atoms with van der Waals surface area (Å²) >= 11 is 1.74. The van der Waals surface area contributed by atoms with Crippen LogP contribution in [-0.2, 0) is 0 Å². The molecule has 15 heavy (non-hydrogen) atoms. The lowest BCUT2D eigenvalue weighted by Gasteiger charge is -2.17. The fraction of sp³-hybridized carbons (Fsp3) is 0.455. The lowest BCUT2D eigenvalue weighted by atomic mass is 9.95. The highest BCUT2D eigenvalue weighted by Gasteiger charge is 2.27. The van der Waals surface area contributed by atoms with Gasteiger partial charge in [-0.1, -0.05) is 12.1 Å². The summed E-state index contributed by atoms with van der Waals surface area (Å²) < 4.78 is 26.3. The molecule has 1 aliphatic heterocycles. The summed E-state index contributed by atoms with van der Waals surface area (Å²) in [5, 5.41) is 9.91. The first-order chi connectivity index (χ1) is 7.20. The van der Waals surface area contributed by atoms with E-state index in [0.29, 0.717) is 0 Å². The van der Waals surface area contributed by atoms with E-state index in [0.717, 1.165) is 24.0 Å². The van der Waals surface area contributed by atoms with Crippen molar-refractivity contribution in [2.24, 2.45) is 5.92 Å². The Labute approximate surface area is 91.5 Å². The number of aliphatic hydroxyl groups excluding tert-OH is 1. The first kappa shape index (κ1) is 10.9. The SMILES string of the molecule is OC(c1cccc(F)c1F)C1CCSC1. The van der Waals surface area contributed by atoms with Gasteiger partial charge in [-0.05, 0) is 29.9 Å². The molecule has 1 aliphatic rings. The zero-order valence-corrected chi connectivity index (χ0v) is 8.94. The summed E-state index contributed by atoms with van der Waals surface area (Å²) in [5.74, 6) is 0.0425. The Morgan fingerprint density at radius 3 is 2.87 bits per heavy atom. The van der Waals surface area contributed by atoms with Gasteiger partial charge in [0.05, 0.1) is 6.10 Å². The second kappa shape index (κ2) is 4.49. The van der Waals surface area contributed by atoms with Gasteiger partial charge in [-0.25, -0.2) is 8.78 Å². The van der Waals surface area contributed by atoms with Crippen LogP contribution in [0.2, 0.25) is 0 Å². The fourth-order valence-corrected chi connectivity index (χ4v) is 3.09. The molecule has 1 nitrogen and oxygen atoms in total. The van der Waals surface area contributed by atoms with Crippen molar-refractivity contribution < 1.29 is 13.9 Å². The molecule has 1 heterocycles. The van der Waals surface area contributed by atoms with Crippen molar-refractivity contribution in [2.45, 2.75) is 12.5 Å². The highest BCUT2D eigenvalue weighted by Crippen LogP contribution is 2.35. The van der Waals surface area contributed by atoms with Gasteiger partial charge in [-0.2, -0.15) is 11.8 Å². The molecule has 1 saturated heterocycles. The predicted molar refractivity (Wildman–Crippen MR) is 56.7 cm³/mol. The van der Waals surface area contributed by atoms with Gasteiger partial charge in [-0.15, -0.1) is 0 Å². The number of aliphatic hydroxyl groups is 1. The van der Waals surface area contributed by atoms with Crippen LogP contribution in [0.3, 0.4) is 0 Å². The highest BCUT2D eigenvalue weighted by molar-refractivity contribution is 7.99. The van der Waals surface area contributed by atoms with E-state index in [4.69, 9.17) is 0 Å². The van der Waals surface area contributed by atoms with Crippen LogP contribution >= 0.6 is 11.8 Å². The minimum atomic E-state index is -0.915. The molecule has 0 radical (unpaired) electrons. The van der Waals surface area contributed by atoms with Gasteiger partial charge in [0.1, 0.15) is 0 Å². The van der Waals surface area contributed by atoms with Crippen LogP contribution in [0.25, 0.3) is 0 Å². The van der Waals surface area contributed by atoms with E-state index in [1.165, 1.54) is 12.1 Å². The third-order valence-corrected chi connectivity index (χ3v) is 3.90. The molecule has 0 aromatic heterocycles. The van der Waals surface area contributed by atoms with Crippen molar-refractivity contribution in [3.63, 3.8) is 0 Å². The van der Waals surface area contributed by atoms with Crippen molar-refractivity contribution in [3.8, 4) is 0 Å². The molecule has 2 unspecified atom stereocenters. The molecular formula is C11H12F2OS. The number of hydrogen-bond acceptors (Lipinski definition) is 2. The van der Waals surface area contributed by atoms with Crippen LogP contribution in [0.1, 0.15) is 18.1 Å². The largest absolute Gasteiger partial charge is 0.388 e. The molecule has 1 aromatic rings. The van der Waals surface area contributed by atoms with Crippen molar-refractivity contribution in [1.29, 1.82) is 0 Å². The molecule has 4 heteroatoms. The normalized spacial score (nSPS) is 23.0. The first-order valence-electron chi connectivity index (χ1n) is 4.90. The standard InChI is InChI=1S/C11H12F2OS/c12-9-3-1-2-8(10(9)13)11(14)7-4-5-15-6-7/h1-3,7,11,14H,4-6H2. The second-order valence-electron chi connectivity index (χ2n) is 3.71. The van der Waals surface area contributed by atoms with Crippen LogP contribution in [0.5, 0.6) is 0 Å². The zero-order chi connectivity index (χ0) is 10.8. The van der Waals surface area contributed by atoms with Gasteiger partial charge in [-0.3, -0.25) is 0 Å². The van der Waals surface area contributed by atoms with Crippen LogP contribution in [0.15, 0.2) is 18.2 Å². The molecule has 82 valence electrons. The van der Waals surface area contributed by atoms with Crippen LogP contribution in [-0.4, -0.2) is 16.6 Å². The first-order valence-corrected chi connectivity index (χ1v) is 6.05. The van der Waals surface area contributed by atoms with Crippen LogP contribution in [0.4, 0.5) is 8.78 Å².